The van der Waals surface area contributed by atoms with Gasteiger partial charge in [0.25, 0.3) is 5.91 Å². The number of hydrogen-bond acceptors (Lipinski definition) is 5. The number of sulfonamides is 1. The van der Waals surface area contributed by atoms with Gasteiger partial charge in [-0.15, -0.1) is 11.3 Å². The number of unbranched alkanes of at least 4 members (excludes halogenated alkanes) is 1. The summed E-state index contributed by atoms with van der Waals surface area (Å²) < 4.78 is 41.7. The summed E-state index contributed by atoms with van der Waals surface area (Å²) in [7, 11) is -3.79. The van der Waals surface area contributed by atoms with Crippen LogP contribution >= 0.6 is 27.3 Å². The van der Waals surface area contributed by atoms with Crippen molar-refractivity contribution in [2.45, 2.75) is 44.0 Å². The van der Waals surface area contributed by atoms with Crippen LogP contribution in [0.15, 0.2) is 57.9 Å². The molecule has 1 atom stereocenters. The third kappa shape index (κ3) is 7.83. The monoisotopic (exact) mass is 597 g/mol. The van der Waals surface area contributed by atoms with Crippen molar-refractivity contribution in [1.82, 2.24) is 15.4 Å². The molecule has 11 heteroatoms. The molecule has 36 heavy (non-hydrogen) atoms. The summed E-state index contributed by atoms with van der Waals surface area (Å²) in [4.78, 5) is 26.1. The van der Waals surface area contributed by atoms with Crippen molar-refractivity contribution in [1.29, 1.82) is 0 Å². The first-order valence-electron chi connectivity index (χ1n) is 11.6. The molecule has 1 aromatic heterocycles. The molecular formula is C25H29BrFN3O4S2. The highest BCUT2D eigenvalue weighted by atomic mass is 79.9. The molecule has 0 spiro atoms. The van der Waals surface area contributed by atoms with Crippen molar-refractivity contribution < 1.29 is 22.4 Å². The van der Waals surface area contributed by atoms with E-state index in [0.717, 1.165) is 22.2 Å². The van der Waals surface area contributed by atoms with E-state index in [9.17, 15) is 22.4 Å². The Hall–Kier alpha value is -2.34. The zero-order valence-corrected chi connectivity index (χ0v) is 23.2. The van der Waals surface area contributed by atoms with E-state index in [-0.39, 0.29) is 33.6 Å². The SMILES string of the molecule is CC(C)C[C@H](NC(=O)c1cc2ccccc2s1)C(=O)NCCCCNS(=O)(=O)c1ccc(F)cc1Br. The molecule has 0 aliphatic carbocycles. The molecule has 0 radical (unpaired) electrons. The molecule has 1 heterocycles. The number of hydrogen-bond donors (Lipinski definition) is 3. The summed E-state index contributed by atoms with van der Waals surface area (Å²) in [6, 6.07) is 12.3. The molecule has 0 saturated heterocycles. The second-order valence-corrected chi connectivity index (χ2v) is 12.4. The molecule has 2 amide bonds. The number of rotatable bonds is 12. The maximum atomic E-state index is 13.2. The molecule has 2 aromatic carbocycles. The Morgan fingerprint density at radius 3 is 2.47 bits per heavy atom. The summed E-state index contributed by atoms with van der Waals surface area (Å²) in [5.74, 6) is -0.886. The van der Waals surface area contributed by atoms with Gasteiger partial charge in [0.05, 0.1) is 9.77 Å². The Balaban J connectivity index is 1.47. The Labute approximate surface area is 223 Å². The van der Waals surface area contributed by atoms with E-state index < -0.39 is 21.9 Å². The van der Waals surface area contributed by atoms with Gasteiger partial charge in [0.1, 0.15) is 11.9 Å². The smallest absolute Gasteiger partial charge is 0.262 e. The van der Waals surface area contributed by atoms with Gasteiger partial charge in [-0.05, 0) is 76.8 Å². The van der Waals surface area contributed by atoms with Crippen LogP contribution in [0.2, 0.25) is 0 Å². The summed E-state index contributed by atoms with van der Waals surface area (Å²) in [6.45, 7) is 4.48. The predicted octanol–water partition coefficient (Wildman–Crippen LogP) is 4.82. The average molecular weight is 599 g/mol. The molecule has 0 aliphatic rings. The summed E-state index contributed by atoms with van der Waals surface area (Å²) in [5, 5.41) is 6.69. The van der Waals surface area contributed by atoms with Crippen LogP contribution in [0, 0.1) is 11.7 Å². The number of fused-ring (bicyclic) bond motifs is 1. The molecule has 0 bridgehead atoms. The Kier molecular flexibility index (Phi) is 10.0. The zero-order valence-electron chi connectivity index (χ0n) is 20.0. The largest absolute Gasteiger partial charge is 0.354 e. The average Bonchev–Trinajstić information content (AvgIpc) is 3.24. The fourth-order valence-electron chi connectivity index (χ4n) is 3.59. The highest BCUT2D eigenvalue weighted by Crippen LogP contribution is 2.25. The van der Waals surface area contributed by atoms with Gasteiger partial charge in [0, 0.05) is 22.3 Å². The van der Waals surface area contributed by atoms with Crippen molar-refractivity contribution in [2.75, 3.05) is 13.1 Å². The summed E-state index contributed by atoms with van der Waals surface area (Å²) in [5.41, 5.74) is 0. The summed E-state index contributed by atoms with van der Waals surface area (Å²) in [6.07, 6.45) is 1.52. The van der Waals surface area contributed by atoms with Crippen molar-refractivity contribution in [3.63, 3.8) is 0 Å². The minimum absolute atomic E-state index is 0.0388. The first-order valence-corrected chi connectivity index (χ1v) is 14.7. The van der Waals surface area contributed by atoms with E-state index in [0.29, 0.717) is 30.7 Å². The summed E-state index contributed by atoms with van der Waals surface area (Å²) >= 11 is 4.45. The first kappa shape index (κ1) is 28.2. The number of benzene rings is 2. The van der Waals surface area contributed by atoms with Crippen LogP contribution in [0.1, 0.15) is 42.8 Å². The van der Waals surface area contributed by atoms with Crippen molar-refractivity contribution in [2.24, 2.45) is 5.92 Å². The van der Waals surface area contributed by atoms with Crippen molar-refractivity contribution in [3.05, 3.63) is 63.7 Å². The van der Waals surface area contributed by atoms with Gasteiger partial charge >= 0.3 is 0 Å². The second-order valence-electron chi connectivity index (χ2n) is 8.77. The molecule has 3 N–H and O–H groups in total. The zero-order chi connectivity index (χ0) is 26.3. The minimum atomic E-state index is -3.79. The molecule has 0 fully saturated rings. The molecule has 0 aliphatic heterocycles. The van der Waals surface area contributed by atoms with Gasteiger partial charge in [0.15, 0.2) is 0 Å². The molecule has 0 saturated carbocycles. The highest BCUT2D eigenvalue weighted by Gasteiger charge is 2.23. The van der Waals surface area contributed by atoms with E-state index in [1.807, 2.05) is 44.2 Å². The van der Waals surface area contributed by atoms with E-state index in [4.69, 9.17) is 0 Å². The fraction of sp³-hybridized carbons (Fsp3) is 0.360. The highest BCUT2D eigenvalue weighted by molar-refractivity contribution is 9.10. The van der Waals surface area contributed by atoms with Crippen LogP contribution < -0.4 is 15.4 Å². The van der Waals surface area contributed by atoms with Crippen LogP contribution in [0.25, 0.3) is 10.1 Å². The third-order valence-corrected chi connectivity index (χ3v) is 8.91. The van der Waals surface area contributed by atoms with Crippen molar-refractivity contribution >= 4 is 59.2 Å². The lowest BCUT2D eigenvalue weighted by molar-refractivity contribution is -0.123. The fourth-order valence-corrected chi connectivity index (χ4v) is 6.68. The number of halogens is 2. The Bertz CT molecular complexity index is 1290. The van der Waals surface area contributed by atoms with E-state index in [1.54, 1.807) is 0 Å². The number of carbonyl (C=O) groups is 2. The third-order valence-electron chi connectivity index (χ3n) is 5.36. The van der Waals surface area contributed by atoms with Crippen LogP contribution in [0.3, 0.4) is 0 Å². The topological polar surface area (TPSA) is 104 Å². The van der Waals surface area contributed by atoms with Crippen LogP contribution in [0.5, 0.6) is 0 Å². The normalized spacial score (nSPS) is 12.6. The lowest BCUT2D eigenvalue weighted by atomic mass is 10.0. The molecule has 3 rings (SSSR count). The van der Waals surface area contributed by atoms with Gasteiger partial charge in [-0.2, -0.15) is 0 Å². The molecule has 194 valence electrons. The van der Waals surface area contributed by atoms with Gasteiger partial charge in [-0.3, -0.25) is 9.59 Å². The van der Waals surface area contributed by atoms with E-state index in [1.165, 1.54) is 17.4 Å². The lowest BCUT2D eigenvalue weighted by Gasteiger charge is -2.20. The standard InChI is InChI=1S/C25H29BrFN3O4S2/c1-16(2)13-20(30-25(32)22-14-17-7-3-4-8-21(17)35-22)24(31)28-11-5-6-12-29-36(33,34)23-10-9-18(27)15-19(23)26/h3-4,7-10,14-16,20,29H,5-6,11-13H2,1-2H3,(H,28,31)(H,30,32)/t20-/m0/s1. The second kappa shape index (κ2) is 12.8. The van der Waals surface area contributed by atoms with Gasteiger partial charge < -0.3 is 10.6 Å². The maximum absolute atomic E-state index is 13.2. The molecule has 3 aromatic rings. The van der Waals surface area contributed by atoms with Crippen molar-refractivity contribution in [3.8, 4) is 0 Å². The Morgan fingerprint density at radius 2 is 1.78 bits per heavy atom. The molecule has 0 unspecified atom stereocenters. The quantitative estimate of drug-likeness (QED) is 0.260. The maximum Gasteiger partial charge on any atom is 0.262 e. The number of carbonyl (C=O) groups excluding carboxylic acids is 2. The molecular weight excluding hydrogens is 569 g/mol. The number of amides is 2. The number of nitrogens with one attached hydrogen (secondary N) is 3. The van der Waals surface area contributed by atoms with E-state index in [2.05, 4.69) is 31.3 Å². The first-order chi connectivity index (χ1) is 17.1. The van der Waals surface area contributed by atoms with Crippen LogP contribution in [-0.2, 0) is 14.8 Å². The van der Waals surface area contributed by atoms with Gasteiger partial charge in [-0.1, -0.05) is 32.0 Å². The van der Waals surface area contributed by atoms with Crippen LogP contribution in [-0.4, -0.2) is 39.4 Å². The molecule has 7 nitrogen and oxygen atoms in total. The number of thiophene rings is 1. The minimum Gasteiger partial charge on any atom is -0.354 e. The van der Waals surface area contributed by atoms with Gasteiger partial charge in [-0.25, -0.2) is 17.5 Å². The predicted molar refractivity (Wildman–Crippen MR) is 144 cm³/mol. The van der Waals surface area contributed by atoms with Gasteiger partial charge in [0.2, 0.25) is 15.9 Å². The Morgan fingerprint density at radius 1 is 1.06 bits per heavy atom. The van der Waals surface area contributed by atoms with Crippen LogP contribution in [0.4, 0.5) is 4.39 Å². The lowest BCUT2D eigenvalue weighted by Crippen LogP contribution is -2.47. The van der Waals surface area contributed by atoms with E-state index >= 15 is 0 Å².